The Morgan fingerprint density at radius 2 is 1.72 bits per heavy atom. The number of nitrogens with one attached hydrogen (secondary N) is 2. The van der Waals surface area contributed by atoms with E-state index in [2.05, 4.69) is 29.4 Å². The molecule has 0 aromatic heterocycles. The fourth-order valence-corrected chi connectivity index (χ4v) is 5.19. The Labute approximate surface area is 173 Å². The molecule has 3 rings (SSSR count). The van der Waals surface area contributed by atoms with Gasteiger partial charge in [0.1, 0.15) is 0 Å². The highest BCUT2D eigenvalue weighted by Crippen LogP contribution is 2.19. The molecule has 9 heteroatoms. The van der Waals surface area contributed by atoms with Crippen molar-refractivity contribution in [3.63, 3.8) is 0 Å². The molecule has 29 heavy (non-hydrogen) atoms. The van der Waals surface area contributed by atoms with Crippen LogP contribution in [-0.4, -0.2) is 81.6 Å². The Bertz CT molecular complexity index is 768. The quantitative estimate of drug-likeness (QED) is 0.681. The molecular weight excluding hydrogens is 392 g/mol. The second-order valence-corrected chi connectivity index (χ2v) is 9.90. The predicted molar refractivity (Wildman–Crippen MR) is 112 cm³/mol. The first-order chi connectivity index (χ1) is 13.8. The van der Waals surface area contributed by atoms with Crippen LogP contribution in [0.2, 0.25) is 0 Å². The molecule has 0 bridgehead atoms. The molecule has 0 atom stereocenters. The smallest absolute Gasteiger partial charge is 0.243 e. The number of carbonyl (C=O) groups is 1. The Morgan fingerprint density at radius 3 is 2.31 bits per heavy atom. The number of morpholine rings is 1. The molecule has 2 heterocycles. The Kier molecular flexibility index (Phi) is 7.64. The summed E-state index contributed by atoms with van der Waals surface area (Å²) in [4.78, 5) is 14.8. The minimum atomic E-state index is -3.52. The van der Waals surface area contributed by atoms with Gasteiger partial charge in [-0.25, -0.2) is 8.42 Å². The van der Waals surface area contributed by atoms with E-state index in [9.17, 15) is 13.2 Å². The van der Waals surface area contributed by atoms with Gasteiger partial charge in [0, 0.05) is 44.0 Å². The summed E-state index contributed by atoms with van der Waals surface area (Å²) in [6, 6.07) is 7.38. The lowest BCUT2D eigenvalue weighted by atomic mass is 10.0. The fourth-order valence-electron chi connectivity index (χ4n) is 3.78. The summed E-state index contributed by atoms with van der Waals surface area (Å²) in [5, 5.41) is 6.42. The average molecular weight is 425 g/mol. The average Bonchev–Trinajstić information content (AvgIpc) is 2.70. The summed E-state index contributed by atoms with van der Waals surface area (Å²) >= 11 is 0. The van der Waals surface area contributed by atoms with E-state index in [1.807, 2.05) is 0 Å². The van der Waals surface area contributed by atoms with Crippen molar-refractivity contribution < 1.29 is 17.9 Å². The van der Waals surface area contributed by atoms with Gasteiger partial charge in [0.15, 0.2) is 0 Å². The first-order valence-corrected chi connectivity index (χ1v) is 11.7. The summed E-state index contributed by atoms with van der Waals surface area (Å²) < 4.78 is 31.9. The molecule has 162 valence electrons. The molecule has 0 aliphatic carbocycles. The van der Waals surface area contributed by atoms with Crippen LogP contribution in [0.5, 0.6) is 0 Å². The van der Waals surface area contributed by atoms with E-state index < -0.39 is 10.0 Å². The molecule has 0 spiro atoms. The van der Waals surface area contributed by atoms with Gasteiger partial charge >= 0.3 is 0 Å². The van der Waals surface area contributed by atoms with Gasteiger partial charge in [-0.3, -0.25) is 9.69 Å². The lowest BCUT2D eigenvalue weighted by molar-refractivity contribution is -0.117. The van der Waals surface area contributed by atoms with Crippen molar-refractivity contribution in [1.82, 2.24) is 14.5 Å². The van der Waals surface area contributed by atoms with Gasteiger partial charge in [0.25, 0.3) is 0 Å². The third kappa shape index (κ3) is 6.23. The number of hydrogen-bond donors (Lipinski definition) is 2. The fraction of sp³-hybridized carbons (Fsp3) is 0.650. The second kappa shape index (κ2) is 9.99. The Balaban J connectivity index is 1.49. The zero-order valence-corrected chi connectivity index (χ0v) is 18.1. The van der Waals surface area contributed by atoms with E-state index in [0.717, 1.165) is 25.9 Å². The van der Waals surface area contributed by atoms with Crippen molar-refractivity contribution in [2.45, 2.75) is 43.7 Å². The minimum absolute atomic E-state index is 0.0796. The third-order valence-corrected chi connectivity index (χ3v) is 7.18. The maximum atomic E-state index is 12.6. The number of ether oxygens (including phenoxy) is 1. The molecule has 0 unspecified atom stereocenters. The van der Waals surface area contributed by atoms with Crippen LogP contribution in [0.25, 0.3) is 0 Å². The zero-order chi connectivity index (χ0) is 20.9. The Morgan fingerprint density at radius 1 is 1.10 bits per heavy atom. The van der Waals surface area contributed by atoms with Gasteiger partial charge < -0.3 is 15.4 Å². The van der Waals surface area contributed by atoms with E-state index >= 15 is 0 Å². The maximum Gasteiger partial charge on any atom is 0.243 e. The summed E-state index contributed by atoms with van der Waals surface area (Å²) in [6.45, 7) is 8.00. The summed E-state index contributed by atoms with van der Waals surface area (Å²) in [6.07, 6.45) is 2.08. The monoisotopic (exact) mass is 424 g/mol. The van der Waals surface area contributed by atoms with Crippen LogP contribution >= 0.6 is 0 Å². The highest BCUT2D eigenvalue weighted by atomic mass is 32.2. The molecule has 1 aromatic rings. The molecule has 2 aliphatic rings. The van der Waals surface area contributed by atoms with Crippen molar-refractivity contribution in [3.05, 3.63) is 24.3 Å². The summed E-state index contributed by atoms with van der Waals surface area (Å²) in [5.74, 6) is -0.0796. The molecular formula is C20H32N4O4S. The van der Waals surface area contributed by atoms with Crippen molar-refractivity contribution in [1.29, 1.82) is 0 Å². The summed E-state index contributed by atoms with van der Waals surface area (Å²) in [5.41, 5.74) is 0.604. The van der Waals surface area contributed by atoms with Crippen molar-refractivity contribution in [3.8, 4) is 0 Å². The number of benzene rings is 1. The number of rotatable bonds is 7. The van der Waals surface area contributed by atoms with Crippen LogP contribution in [0.1, 0.15) is 26.7 Å². The van der Waals surface area contributed by atoms with Gasteiger partial charge in [-0.1, -0.05) is 13.8 Å². The number of carbonyl (C=O) groups excluding carboxylic acids is 1. The topological polar surface area (TPSA) is 91.0 Å². The number of amides is 1. The van der Waals surface area contributed by atoms with E-state index in [1.54, 1.807) is 24.3 Å². The van der Waals surface area contributed by atoms with Crippen molar-refractivity contribution in [2.75, 3.05) is 51.3 Å². The normalized spacial score (nSPS) is 20.1. The molecule has 8 nitrogen and oxygen atoms in total. The van der Waals surface area contributed by atoms with Gasteiger partial charge in [-0.15, -0.1) is 0 Å². The Hall–Kier alpha value is -1.52. The molecule has 2 aliphatic heterocycles. The highest BCUT2D eigenvalue weighted by Gasteiger charge is 2.26. The predicted octanol–water partition coefficient (Wildman–Crippen LogP) is 1.11. The van der Waals surface area contributed by atoms with Gasteiger partial charge in [0.05, 0.1) is 24.7 Å². The second-order valence-electron chi connectivity index (χ2n) is 7.96. The number of sulfonamides is 1. The maximum absolute atomic E-state index is 12.6. The molecule has 0 saturated carbocycles. The molecule has 1 amide bonds. The number of piperidine rings is 1. The van der Waals surface area contributed by atoms with Gasteiger partial charge in [0.2, 0.25) is 15.9 Å². The molecule has 1 aromatic carbocycles. The number of hydrogen-bond acceptors (Lipinski definition) is 6. The molecule has 2 N–H and O–H groups in total. The standard InChI is InChI=1S/C20H32N4O4S/c1-16(2)21-18-7-9-23(10-8-18)15-20(25)22-17-3-5-19(6-4-17)29(26,27)24-11-13-28-14-12-24/h3-6,16,18,21H,7-15H2,1-2H3,(H,22,25). The highest BCUT2D eigenvalue weighted by molar-refractivity contribution is 7.89. The summed E-state index contributed by atoms with van der Waals surface area (Å²) in [7, 11) is -3.52. The largest absolute Gasteiger partial charge is 0.379 e. The van der Waals surface area contributed by atoms with Crippen LogP contribution in [0.3, 0.4) is 0 Å². The number of likely N-dealkylation sites (tertiary alicyclic amines) is 1. The van der Waals surface area contributed by atoms with E-state index in [0.29, 0.717) is 50.6 Å². The minimum Gasteiger partial charge on any atom is -0.379 e. The lowest BCUT2D eigenvalue weighted by Gasteiger charge is -2.32. The lowest BCUT2D eigenvalue weighted by Crippen LogP contribution is -2.46. The van der Waals surface area contributed by atoms with Gasteiger partial charge in [-0.2, -0.15) is 4.31 Å². The van der Waals surface area contributed by atoms with E-state index in [-0.39, 0.29) is 10.8 Å². The SMILES string of the molecule is CC(C)NC1CCN(CC(=O)Nc2ccc(S(=O)(=O)N3CCOCC3)cc2)CC1. The van der Waals surface area contributed by atoms with Gasteiger partial charge in [-0.05, 0) is 37.1 Å². The van der Waals surface area contributed by atoms with Crippen LogP contribution in [-0.2, 0) is 19.6 Å². The van der Waals surface area contributed by atoms with Crippen LogP contribution in [0, 0.1) is 0 Å². The third-order valence-electron chi connectivity index (χ3n) is 5.27. The molecule has 2 saturated heterocycles. The van der Waals surface area contributed by atoms with E-state index in [1.165, 1.54) is 4.31 Å². The zero-order valence-electron chi connectivity index (χ0n) is 17.3. The van der Waals surface area contributed by atoms with Crippen molar-refractivity contribution >= 4 is 21.6 Å². The van der Waals surface area contributed by atoms with Crippen LogP contribution in [0.4, 0.5) is 5.69 Å². The number of anilines is 1. The van der Waals surface area contributed by atoms with Crippen LogP contribution in [0.15, 0.2) is 29.2 Å². The first kappa shape index (κ1) is 22.2. The molecule has 2 fully saturated rings. The van der Waals surface area contributed by atoms with Crippen molar-refractivity contribution in [2.24, 2.45) is 0 Å². The van der Waals surface area contributed by atoms with E-state index in [4.69, 9.17) is 4.74 Å². The number of nitrogens with zero attached hydrogens (tertiary/aromatic N) is 2. The molecule has 0 radical (unpaired) electrons. The first-order valence-electron chi connectivity index (χ1n) is 10.3. The van der Waals surface area contributed by atoms with Crippen LogP contribution < -0.4 is 10.6 Å².